The first-order valence-corrected chi connectivity index (χ1v) is 7.96. The second-order valence-electron chi connectivity index (χ2n) is 6.34. The van der Waals surface area contributed by atoms with Gasteiger partial charge in [0.05, 0.1) is 0 Å². The van der Waals surface area contributed by atoms with Gasteiger partial charge in [0.15, 0.2) is 0 Å². The third-order valence-electron chi connectivity index (χ3n) is 4.94. The fraction of sp³-hybridized carbons (Fsp3) is 0.647. The van der Waals surface area contributed by atoms with Crippen LogP contribution in [0.1, 0.15) is 30.0 Å². The lowest BCUT2D eigenvalue weighted by Crippen LogP contribution is -2.51. The summed E-state index contributed by atoms with van der Waals surface area (Å²) in [6, 6.07) is 10.2. The lowest BCUT2D eigenvalue weighted by atomic mass is 10.0. The van der Waals surface area contributed by atoms with Crippen LogP contribution in [0.15, 0.2) is 24.3 Å². The zero-order valence-electron chi connectivity index (χ0n) is 12.8. The molecule has 0 amide bonds. The molecule has 2 atom stereocenters. The molecule has 2 aliphatic rings. The van der Waals surface area contributed by atoms with Gasteiger partial charge >= 0.3 is 0 Å². The van der Waals surface area contributed by atoms with Gasteiger partial charge in [-0.15, -0.1) is 0 Å². The molecule has 0 saturated carbocycles. The topological polar surface area (TPSA) is 18.5 Å². The van der Waals surface area contributed by atoms with Gasteiger partial charge in [-0.3, -0.25) is 9.80 Å². The van der Waals surface area contributed by atoms with E-state index in [0.29, 0.717) is 6.04 Å². The van der Waals surface area contributed by atoms with Crippen molar-refractivity contribution in [3.8, 4) is 0 Å². The van der Waals surface area contributed by atoms with E-state index in [9.17, 15) is 0 Å². The Labute approximate surface area is 123 Å². The summed E-state index contributed by atoms with van der Waals surface area (Å²) in [5, 5.41) is 3.49. The summed E-state index contributed by atoms with van der Waals surface area (Å²) in [5.41, 5.74) is 2.75. The number of benzene rings is 1. The van der Waals surface area contributed by atoms with Gasteiger partial charge in [-0.2, -0.15) is 0 Å². The zero-order valence-corrected chi connectivity index (χ0v) is 12.8. The molecule has 0 aromatic heterocycles. The van der Waals surface area contributed by atoms with Crippen LogP contribution in [0.5, 0.6) is 0 Å². The van der Waals surface area contributed by atoms with Crippen molar-refractivity contribution in [2.45, 2.75) is 31.8 Å². The Balaban J connectivity index is 1.61. The number of likely N-dealkylation sites (N-methyl/N-ethyl adjacent to an activating group) is 1. The molecule has 2 fully saturated rings. The fourth-order valence-electron chi connectivity index (χ4n) is 3.64. The van der Waals surface area contributed by atoms with E-state index in [1.165, 1.54) is 50.1 Å². The second kappa shape index (κ2) is 6.25. The highest BCUT2D eigenvalue weighted by Crippen LogP contribution is 2.23. The predicted molar refractivity (Wildman–Crippen MR) is 84.0 cm³/mol. The molecule has 0 bridgehead atoms. The first kappa shape index (κ1) is 14.1. The van der Waals surface area contributed by atoms with E-state index in [-0.39, 0.29) is 0 Å². The highest BCUT2D eigenvalue weighted by atomic mass is 15.3. The number of nitrogens with zero attached hydrogens (tertiary/aromatic N) is 2. The molecule has 1 aromatic carbocycles. The average Bonchev–Trinajstić information content (AvgIpc) is 2.93. The molecule has 0 spiro atoms. The largest absolute Gasteiger partial charge is 0.312 e. The number of nitrogens with one attached hydrogen (secondary N) is 1. The average molecular weight is 273 g/mol. The molecule has 2 heterocycles. The van der Waals surface area contributed by atoms with Crippen LogP contribution >= 0.6 is 0 Å². The van der Waals surface area contributed by atoms with Crippen LogP contribution in [-0.2, 0) is 0 Å². The molecule has 2 aliphatic heterocycles. The van der Waals surface area contributed by atoms with Crippen LogP contribution in [0.3, 0.4) is 0 Å². The van der Waals surface area contributed by atoms with Gasteiger partial charge in [0.2, 0.25) is 0 Å². The SMILES string of the molecule is CNC(CN1CCN2CCCC2C1)c1ccc(C)cc1. The molecule has 20 heavy (non-hydrogen) atoms. The minimum atomic E-state index is 0.448. The summed E-state index contributed by atoms with van der Waals surface area (Å²) < 4.78 is 0. The second-order valence-corrected chi connectivity index (χ2v) is 6.34. The number of rotatable bonds is 4. The van der Waals surface area contributed by atoms with Crippen LogP contribution in [0.25, 0.3) is 0 Å². The van der Waals surface area contributed by atoms with Gasteiger partial charge in [-0.25, -0.2) is 0 Å². The first-order valence-electron chi connectivity index (χ1n) is 7.96. The van der Waals surface area contributed by atoms with Gasteiger partial charge < -0.3 is 5.32 Å². The van der Waals surface area contributed by atoms with Gasteiger partial charge in [0.1, 0.15) is 0 Å². The molecule has 3 nitrogen and oxygen atoms in total. The standard InChI is InChI=1S/C17H27N3/c1-14-5-7-15(8-6-14)17(18-2)13-19-10-11-20-9-3-4-16(20)12-19/h5-8,16-18H,3-4,9-13H2,1-2H3. The molecule has 1 aromatic rings. The molecular weight excluding hydrogens is 246 g/mol. The van der Waals surface area contributed by atoms with Gasteiger partial charge in [0, 0.05) is 38.3 Å². The van der Waals surface area contributed by atoms with E-state index < -0.39 is 0 Å². The van der Waals surface area contributed by atoms with E-state index in [1.807, 2.05) is 0 Å². The van der Waals surface area contributed by atoms with Crippen molar-refractivity contribution >= 4 is 0 Å². The zero-order chi connectivity index (χ0) is 13.9. The molecule has 0 aliphatic carbocycles. The Morgan fingerprint density at radius 3 is 2.75 bits per heavy atom. The van der Waals surface area contributed by atoms with Crippen LogP contribution in [-0.4, -0.2) is 55.6 Å². The first-order chi connectivity index (χ1) is 9.76. The third-order valence-corrected chi connectivity index (χ3v) is 4.94. The van der Waals surface area contributed by atoms with Gasteiger partial charge in [0.25, 0.3) is 0 Å². The molecule has 2 saturated heterocycles. The van der Waals surface area contributed by atoms with E-state index in [2.05, 4.69) is 53.4 Å². The lowest BCUT2D eigenvalue weighted by Gasteiger charge is -2.39. The number of piperazine rings is 1. The van der Waals surface area contributed by atoms with Crippen molar-refractivity contribution in [2.75, 3.05) is 39.8 Å². The summed E-state index contributed by atoms with van der Waals surface area (Å²) in [7, 11) is 2.08. The molecule has 3 heteroatoms. The minimum absolute atomic E-state index is 0.448. The Morgan fingerprint density at radius 1 is 1.20 bits per heavy atom. The maximum Gasteiger partial charge on any atom is 0.0446 e. The van der Waals surface area contributed by atoms with Crippen molar-refractivity contribution in [2.24, 2.45) is 0 Å². The monoisotopic (exact) mass is 273 g/mol. The molecule has 110 valence electrons. The quantitative estimate of drug-likeness (QED) is 0.905. The van der Waals surface area contributed by atoms with Crippen molar-refractivity contribution in [1.29, 1.82) is 0 Å². The van der Waals surface area contributed by atoms with Crippen molar-refractivity contribution in [3.63, 3.8) is 0 Å². The number of hydrogen-bond acceptors (Lipinski definition) is 3. The van der Waals surface area contributed by atoms with E-state index in [0.717, 1.165) is 12.6 Å². The summed E-state index contributed by atoms with van der Waals surface area (Å²) in [6.07, 6.45) is 2.79. The van der Waals surface area contributed by atoms with Gasteiger partial charge in [-0.05, 0) is 38.9 Å². The van der Waals surface area contributed by atoms with Crippen molar-refractivity contribution in [3.05, 3.63) is 35.4 Å². The molecule has 2 unspecified atom stereocenters. The summed E-state index contributed by atoms with van der Waals surface area (Å²) in [4.78, 5) is 5.32. The van der Waals surface area contributed by atoms with Crippen molar-refractivity contribution < 1.29 is 0 Å². The number of fused-ring (bicyclic) bond motifs is 1. The van der Waals surface area contributed by atoms with Crippen LogP contribution in [0.2, 0.25) is 0 Å². The highest BCUT2D eigenvalue weighted by molar-refractivity contribution is 5.24. The lowest BCUT2D eigenvalue weighted by molar-refractivity contribution is 0.0971. The highest BCUT2D eigenvalue weighted by Gasteiger charge is 2.31. The maximum absolute atomic E-state index is 3.49. The smallest absolute Gasteiger partial charge is 0.0446 e. The molecular formula is C17H27N3. The summed E-state index contributed by atoms with van der Waals surface area (Å²) in [6.45, 7) is 8.34. The number of aryl methyl sites for hydroxylation is 1. The van der Waals surface area contributed by atoms with Crippen LogP contribution in [0.4, 0.5) is 0 Å². The Hall–Kier alpha value is -0.900. The Bertz CT molecular complexity index is 428. The van der Waals surface area contributed by atoms with E-state index >= 15 is 0 Å². The fourth-order valence-corrected chi connectivity index (χ4v) is 3.64. The number of hydrogen-bond donors (Lipinski definition) is 1. The summed E-state index contributed by atoms with van der Waals surface area (Å²) >= 11 is 0. The van der Waals surface area contributed by atoms with Crippen LogP contribution in [0, 0.1) is 6.92 Å². The molecule has 1 N–H and O–H groups in total. The minimum Gasteiger partial charge on any atom is -0.312 e. The van der Waals surface area contributed by atoms with Gasteiger partial charge in [-0.1, -0.05) is 29.8 Å². The van der Waals surface area contributed by atoms with E-state index in [4.69, 9.17) is 0 Å². The van der Waals surface area contributed by atoms with Crippen molar-refractivity contribution in [1.82, 2.24) is 15.1 Å². The third kappa shape index (κ3) is 3.05. The predicted octanol–water partition coefficient (Wildman–Crippen LogP) is 2.04. The van der Waals surface area contributed by atoms with E-state index in [1.54, 1.807) is 0 Å². The molecule has 0 radical (unpaired) electrons. The maximum atomic E-state index is 3.49. The summed E-state index contributed by atoms with van der Waals surface area (Å²) in [5.74, 6) is 0. The van der Waals surface area contributed by atoms with Crippen LogP contribution < -0.4 is 5.32 Å². The molecule has 3 rings (SSSR count). The Morgan fingerprint density at radius 2 is 2.00 bits per heavy atom. The Kier molecular flexibility index (Phi) is 4.39. The normalized spacial score (nSPS) is 25.6.